The zero-order chi connectivity index (χ0) is 15.6. The molecule has 0 spiro atoms. The van der Waals surface area contributed by atoms with Gasteiger partial charge in [0.05, 0.1) is 9.80 Å². The maximum atomic E-state index is 12.5. The molecule has 21 heavy (non-hydrogen) atoms. The van der Waals surface area contributed by atoms with Crippen molar-refractivity contribution in [2.75, 3.05) is 11.9 Å². The predicted molar refractivity (Wildman–Crippen MR) is 69.0 cm³/mol. The average molecular weight is 319 g/mol. The highest BCUT2D eigenvalue weighted by Gasteiger charge is 2.36. The Bertz CT molecular complexity index is 673. The van der Waals surface area contributed by atoms with Gasteiger partial charge in [-0.3, -0.25) is 10.1 Å². The van der Waals surface area contributed by atoms with Crippen LogP contribution in [0.1, 0.15) is 11.9 Å². The fourth-order valence-corrected chi connectivity index (χ4v) is 2.32. The number of hydrogen-bond acceptors (Lipinski definition) is 7. The zero-order valence-electron chi connectivity index (χ0n) is 10.5. The van der Waals surface area contributed by atoms with Crippen LogP contribution in [0.4, 0.5) is 24.7 Å². The van der Waals surface area contributed by atoms with Crippen LogP contribution in [-0.2, 0) is 6.18 Å². The molecule has 0 aliphatic rings. The van der Waals surface area contributed by atoms with Crippen LogP contribution in [0.25, 0.3) is 10.6 Å². The van der Waals surface area contributed by atoms with Gasteiger partial charge in [0.2, 0.25) is 5.82 Å². The molecular weight excluding hydrogens is 311 g/mol. The van der Waals surface area contributed by atoms with E-state index in [-0.39, 0.29) is 16.4 Å². The average Bonchev–Trinajstić information content (AvgIpc) is 2.87. The summed E-state index contributed by atoms with van der Waals surface area (Å²) in [5.74, 6) is -0.0468. The zero-order valence-corrected chi connectivity index (χ0v) is 11.3. The molecule has 0 radical (unpaired) electrons. The van der Waals surface area contributed by atoms with Gasteiger partial charge in [0.1, 0.15) is 6.33 Å². The van der Waals surface area contributed by atoms with Crippen LogP contribution in [0.3, 0.4) is 0 Å². The second kappa shape index (κ2) is 5.60. The van der Waals surface area contributed by atoms with Gasteiger partial charge in [-0.25, -0.2) is 15.0 Å². The summed E-state index contributed by atoms with van der Waals surface area (Å²) in [7, 11) is 0. The number of nitrogens with one attached hydrogen (secondary N) is 1. The molecular formula is C10H8F3N5O2S. The van der Waals surface area contributed by atoms with E-state index < -0.39 is 21.8 Å². The summed E-state index contributed by atoms with van der Waals surface area (Å²) in [6, 6.07) is 0. The van der Waals surface area contributed by atoms with E-state index in [1.165, 1.54) is 0 Å². The van der Waals surface area contributed by atoms with Crippen molar-refractivity contribution in [2.24, 2.45) is 0 Å². The summed E-state index contributed by atoms with van der Waals surface area (Å²) < 4.78 is 37.6. The minimum Gasteiger partial charge on any atom is -0.364 e. The molecule has 0 bridgehead atoms. The smallest absolute Gasteiger partial charge is 0.364 e. The van der Waals surface area contributed by atoms with Crippen molar-refractivity contribution in [1.82, 2.24) is 15.0 Å². The Morgan fingerprint density at radius 2 is 2.10 bits per heavy atom. The Labute approximate surface area is 120 Å². The lowest BCUT2D eigenvalue weighted by Crippen LogP contribution is -2.05. The maximum Gasteiger partial charge on any atom is 0.443 e. The minimum absolute atomic E-state index is 0.0458. The second-order valence-corrected chi connectivity index (χ2v) is 4.77. The number of thiazole rings is 1. The SMILES string of the molecule is CCNc1ncnc(-c2cnc(C(F)(F)F)s2)c1[N+](=O)[O-]. The van der Waals surface area contributed by atoms with Crippen molar-refractivity contribution in [3.63, 3.8) is 0 Å². The third kappa shape index (κ3) is 3.07. The first kappa shape index (κ1) is 15.1. The van der Waals surface area contributed by atoms with Gasteiger partial charge in [-0.05, 0) is 6.92 Å². The molecule has 0 aliphatic carbocycles. The number of hydrogen-bond donors (Lipinski definition) is 1. The van der Waals surface area contributed by atoms with Crippen LogP contribution in [-0.4, -0.2) is 26.4 Å². The molecule has 0 atom stereocenters. The van der Waals surface area contributed by atoms with E-state index in [9.17, 15) is 23.3 Å². The molecule has 0 aliphatic heterocycles. The fourth-order valence-electron chi connectivity index (χ4n) is 1.54. The Morgan fingerprint density at radius 1 is 1.38 bits per heavy atom. The van der Waals surface area contributed by atoms with Gasteiger partial charge in [-0.2, -0.15) is 13.2 Å². The van der Waals surface area contributed by atoms with Gasteiger partial charge >= 0.3 is 11.9 Å². The molecule has 112 valence electrons. The fraction of sp³-hybridized carbons (Fsp3) is 0.300. The number of rotatable bonds is 4. The number of alkyl halides is 3. The Kier molecular flexibility index (Phi) is 4.02. The Morgan fingerprint density at radius 3 is 2.62 bits per heavy atom. The van der Waals surface area contributed by atoms with Crippen LogP contribution in [0.15, 0.2) is 12.5 Å². The summed E-state index contributed by atoms with van der Waals surface area (Å²) in [4.78, 5) is 21.0. The first-order chi connectivity index (χ1) is 9.84. The number of nitrogens with zero attached hydrogens (tertiary/aromatic N) is 4. The largest absolute Gasteiger partial charge is 0.443 e. The van der Waals surface area contributed by atoms with Gasteiger partial charge in [-0.15, -0.1) is 11.3 Å². The van der Waals surface area contributed by atoms with E-state index in [2.05, 4.69) is 20.3 Å². The Hall–Kier alpha value is -2.30. The third-order valence-corrected chi connectivity index (χ3v) is 3.38. The van der Waals surface area contributed by atoms with Crippen LogP contribution >= 0.6 is 11.3 Å². The third-order valence-electron chi connectivity index (χ3n) is 2.33. The van der Waals surface area contributed by atoms with E-state index in [4.69, 9.17) is 0 Å². The van der Waals surface area contributed by atoms with E-state index in [1.807, 2.05) is 0 Å². The highest BCUT2D eigenvalue weighted by Crippen LogP contribution is 2.39. The lowest BCUT2D eigenvalue weighted by Gasteiger charge is -2.05. The molecule has 0 aromatic carbocycles. The summed E-state index contributed by atoms with van der Waals surface area (Å²) in [6.07, 6.45) is -2.64. The van der Waals surface area contributed by atoms with Crippen LogP contribution in [0, 0.1) is 10.1 Å². The first-order valence-electron chi connectivity index (χ1n) is 5.61. The van der Waals surface area contributed by atoms with Crippen molar-refractivity contribution in [3.05, 3.63) is 27.6 Å². The summed E-state index contributed by atoms with van der Waals surface area (Å²) >= 11 is 0.293. The van der Waals surface area contributed by atoms with E-state index >= 15 is 0 Å². The monoisotopic (exact) mass is 319 g/mol. The van der Waals surface area contributed by atoms with Gasteiger partial charge in [0, 0.05) is 12.7 Å². The molecule has 1 N–H and O–H groups in total. The quantitative estimate of drug-likeness (QED) is 0.688. The van der Waals surface area contributed by atoms with E-state index in [0.29, 0.717) is 17.9 Å². The molecule has 0 saturated carbocycles. The van der Waals surface area contributed by atoms with Crippen molar-refractivity contribution in [1.29, 1.82) is 0 Å². The minimum atomic E-state index is -4.60. The first-order valence-corrected chi connectivity index (χ1v) is 6.43. The second-order valence-electron chi connectivity index (χ2n) is 3.73. The summed E-state index contributed by atoms with van der Waals surface area (Å²) in [6.45, 7) is 2.08. The van der Waals surface area contributed by atoms with Crippen LogP contribution in [0.5, 0.6) is 0 Å². The molecule has 2 aromatic rings. The van der Waals surface area contributed by atoms with Gasteiger partial charge < -0.3 is 5.32 Å². The normalized spacial score (nSPS) is 11.4. The molecule has 0 amide bonds. The molecule has 7 nitrogen and oxygen atoms in total. The van der Waals surface area contributed by atoms with E-state index in [0.717, 1.165) is 12.5 Å². The van der Waals surface area contributed by atoms with Gasteiger partial charge in [0.25, 0.3) is 0 Å². The van der Waals surface area contributed by atoms with Crippen LogP contribution in [0.2, 0.25) is 0 Å². The number of aromatic nitrogens is 3. The number of halogens is 3. The molecule has 2 rings (SSSR count). The lowest BCUT2D eigenvalue weighted by atomic mass is 10.3. The summed E-state index contributed by atoms with van der Waals surface area (Å²) in [5.41, 5.74) is -0.671. The predicted octanol–water partition coefficient (Wildman–Crippen LogP) is 2.96. The number of anilines is 1. The molecule has 0 fully saturated rings. The van der Waals surface area contributed by atoms with Crippen molar-refractivity contribution < 1.29 is 18.1 Å². The molecule has 0 saturated heterocycles. The highest BCUT2D eigenvalue weighted by molar-refractivity contribution is 7.15. The molecule has 0 unspecified atom stereocenters. The maximum absolute atomic E-state index is 12.5. The summed E-state index contributed by atoms with van der Waals surface area (Å²) in [5, 5.41) is 12.7. The lowest BCUT2D eigenvalue weighted by molar-refractivity contribution is -0.383. The van der Waals surface area contributed by atoms with Crippen LogP contribution < -0.4 is 5.32 Å². The van der Waals surface area contributed by atoms with Crippen molar-refractivity contribution in [3.8, 4) is 10.6 Å². The number of nitro groups is 1. The standard InChI is InChI=1S/C10H8F3N5O2S/c1-2-14-8-7(18(19)20)6(16-4-17-8)5-3-15-9(21-5)10(11,12)13/h3-4H,2H2,1H3,(H,14,16,17). The molecule has 2 aromatic heterocycles. The molecule has 2 heterocycles. The van der Waals surface area contributed by atoms with Gasteiger partial charge in [-0.1, -0.05) is 0 Å². The van der Waals surface area contributed by atoms with Gasteiger partial charge in [0.15, 0.2) is 10.7 Å². The Balaban J connectivity index is 2.56. The van der Waals surface area contributed by atoms with Crippen molar-refractivity contribution >= 4 is 22.8 Å². The van der Waals surface area contributed by atoms with Crippen molar-refractivity contribution in [2.45, 2.75) is 13.1 Å². The highest BCUT2D eigenvalue weighted by atomic mass is 32.1. The topological polar surface area (TPSA) is 93.8 Å². The van der Waals surface area contributed by atoms with E-state index in [1.54, 1.807) is 6.92 Å². The molecule has 11 heteroatoms.